The van der Waals surface area contributed by atoms with E-state index in [2.05, 4.69) is 26.0 Å². The monoisotopic (exact) mass is 363 g/mol. The molecular formula is C21H27ClFNO. The van der Waals surface area contributed by atoms with Gasteiger partial charge in [-0.1, -0.05) is 44.5 Å². The van der Waals surface area contributed by atoms with Crippen LogP contribution in [0.15, 0.2) is 48.5 Å². The van der Waals surface area contributed by atoms with Crippen molar-refractivity contribution in [1.29, 1.82) is 0 Å². The highest BCUT2D eigenvalue weighted by Crippen LogP contribution is 2.33. The summed E-state index contributed by atoms with van der Waals surface area (Å²) in [6, 6.07) is 15.2. The number of nitrogens with two attached hydrogens (primary N) is 1. The number of hydrogen-bond acceptors (Lipinski definition) is 2. The van der Waals surface area contributed by atoms with Crippen LogP contribution in [0.25, 0.3) is 0 Å². The van der Waals surface area contributed by atoms with Crippen molar-refractivity contribution in [3.63, 3.8) is 0 Å². The summed E-state index contributed by atoms with van der Waals surface area (Å²) in [6.07, 6.45) is 3.48. The van der Waals surface area contributed by atoms with E-state index in [4.69, 9.17) is 10.5 Å². The number of hydrogen-bond donors (Lipinski definition) is 1. The average Bonchev–Trinajstić information content (AvgIpc) is 2.99. The van der Waals surface area contributed by atoms with Gasteiger partial charge in [0.25, 0.3) is 0 Å². The third-order valence-electron chi connectivity index (χ3n) is 5.32. The molecule has 2 nitrogen and oxygen atoms in total. The van der Waals surface area contributed by atoms with Crippen LogP contribution in [0.4, 0.5) is 4.39 Å². The molecule has 0 bridgehead atoms. The standard InChI is InChI=1S/C21H26FNO.ClH/c1-21(2,16-6-10-18(22)11-7-16)17-8-12-19(13-9-17)24-14-15-4-3-5-20(15)23;/h6-13,15,20H,3-5,14,23H2,1-2H3;1H/t15-,20-;/m1./s1. The minimum atomic E-state index is -0.205. The van der Waals surface area contributed by atoms with Gasteiger partial charge in [0, 0.05) is 17.4 Å². The Morgan fingerprint density at radius 3 is 2.08 bits per heavy atom. The van der Waals surface area contributed by atoms with Crippen molar-refractivity contribution >= 4 is 12.4 Å². The molecule has 1 saturated carbocycles. The van der Waals surface area contributed by atoms with Crippen LogP contribution >= 0.6 is 12.4 Å². The Hall–Kier alpha value is -1.58. The molecule has 25 heavy (non-hydrogen) atoms. The Morgan fingerprint density at radius 2 is 1.56 bits per heavy atom. The largest absolute Gasteiger partial charge is 0.493 e. The van der Waals surface area contributed by atoms with Crippen LogP contribution in [0.2, 0.25) is 0 Å². The molecule has 0 radical (unpaired) electrons. The summed E-state index contributed by atoms with van der Waals surface area (Å²) in [7, 11) is 0. The molecule has 3 rings (SSSR count). The Kier molecular flexibility index (Phi) is 6.47. The Bertz CT molecular complexity index is 669. The zero-order valence-corrected chi connectivity index (χ0v) is 15.7. The fourth-order valence-electron chi connectivity index (χ4n) is 3.48. The van der Waals surface area contributed by atoms with Crippen LogP contribution in [0.1, 0.15) is 44.2 Å². The van der Waals surface area contributed by atoms with Crippen molar-refractivity contribution in [1.82, 2.24) is 0 Å². The van der Waals surface area contributed by atoms with Gasteiger partial charge in [-0.2, -0.15) is 0 Å². The quantitative estimate of drug-likeness (QED) is 0.803. The van der Waals surface area contributed by atoms with Gasteiger partial charge in [0.15, 0.2) is 0 Å². The van der Waals surface area contributed by atoms with E-state index in [0.717, 1.165) is 24.2 Å². The zero-order valence-electron chi connectivity index (χ0n) is 14.9. The van der Waals surface area contributed by atoms with Crippen LogP contribution < -0.4 is 10.5 Å². The first-order chi connectivity index (χ1) is 11.5. The fourth-order valence-corrected chi connectivity index (χ4v) is 3.48. The predicted octanol–water partition coefficient (Wildman–Crippen LogP) is 5.08. The fraction of sp³-hybridized carbons (Fsp3) is 0.429. The van der Waals surface area contributed by atoms with Crippen molar-refractivity contribution in [3.05, 3.63) is 65.5 Å². The third-order valence-corrected chi connectivity index (χ3v) is 5.32. The highest BCUT2D eigenvalue weighted by molar-refractivity contribution is 5.85. The van der Waals surface area contributed by atoms with Crippen LogP contribution in [0.3, 0.4) is 0 Å². The van der Waals surface area contributed by atoms with Crippen molar-refractivity contribution in [2.75, 3.05) is 6.61 Å². The molecule has 2 aromatic carbocycles. The maximum atomic E-state index is 13.1. The Labute approximate surface area is 156 Å². The van der Waals surface area contributed by atoms with Crippen LogP contribution in [0, 0.1) is 11.7 Å². The van der Waals surface area contributed by atoms with Gasteiger partial charge in [-0.15, -0.1) is 12.4 Å². The van der Waals surface area contributed by atoms with Gasteiger partial charge in [0.2, 0.25) is 0 Å². The van der Waals surface area contributed by atoms with Crippen LogP contribution in [-0.2, 0) is 5.41 Å². The number of ether oxygens (including phenoxy) is 1. The minimum Gasteiger partial charge on any atom is -0.493 e. The van der Waals surface area contributed by atoms with E-state index < -0.39 is 0 Å². The second kappa shape index (κ2) is 8.20. The van der Waals surface area contributed by atoms with Gasteiger partial charge in [-0.3, -0.25) is 0 Å². The molecule has 0 spiro atoms. The van der Waals surface area contributed by atoms with Crippen molar-refractivity contribution in [2.45, 2.75) is 44.6 Å². The summed E-state index contributed by atoms with van der Waals surface area (Å²) in [5, 5.41) is 0. The summed E-state index contributed by atoms with van der Waals surface area (Å²) in [5.74, 6) is 1.15. The van der Waals surface area contributed by atoms with Crippen molar-refractivity contribution < 1.29 is 9.13 Å². The molecule has 1 aliphatic rings. The maximum absolute atomic E-state index is 13.1. The summed E-state index contributed by atoms with van der Waals surface area (Å²) in [6.45, 7) is 4.99. The van der Waals surface area contributed by atoms with Gasteiger partial charge in [0.1, 0.15) is 11.6 Å². The minimum absolute atomic E-state index is 0. The molecule has 2 atom stereocenters. The van der Waals surface area contributed by atoms with E-state index in [1.54, 1.807) is 0 Å². The topological polar surface area (TPSA) is 35.2 Å². The first-order valence-electron chi connectivity index (χ1n) is 8.72. The van der Waals surface area contributed by atoms with E-state index in [1.807, 2.05) is 24.3 Å². The molecule has 1 fully saturated rings. The normalized spacial score (nSPS) is 20.2. The first-order valence-corrected chi connectivity index (χ1v) is 8.72. The lowest BCUT2D eigenvalue weighted by Gasteiger charge is -2.26. The SMILES string of the molecule is CC(C)(c1ccc(F)cc1)c1ccc(OC[C@H]2CCC[C@H]2N)cc1.Cl. The van der Waals surface area contributed by atoms with E-state index in [1.165, 1.54) is 24.1 Å². The number of benzene rings is 2. The lowest BCUT2D eigenvalue weighted by Crippen LogP contribution is -2.28. The van der Waals surface area contributed by atoms with E-state index in [9.17, 15) is 4.39 Å². The third kappa shape index (κ3) is 4.53. The molecule has 0 saturated heterocycles. The summed E-state index contributed by atoms with van der Waals surface area (Å²) in [4.78, 5) is 0. The van der Waals surface area contributed by atoms with Crippen LogP contribution in [-0.4, -0.2) is 12.6 Å². The summed E-state index contributed by atoms with van der Waals surface area (Å²) >= 11 is 0. The van der Waals surface area contributed by atoms with Gasteiger partial charge < -0.3 is 10.5 Å². The van der Waals surface area contributed by atoms with Gasteiger partial charge in [0.05, 0.1) is 6.61 Å². The van der Waals surface area contributed by atoms with Crippen molar-refractivity contribution in [2.24, 2.45) is 11.7 Å². The van der Waals surface area contributed by atoms with Crippen molar-refractivity contribution in [3.8, 4) is 5.75 Å². The number of rotatable bonds is 5. The summed E-state index contributed by atoms with van der Waals surface area (Å²) < 4.78 is 19.1. The molecule has 1 aliphatic carbocycles. The average molecular weight is 364 g/mol. The highest BCUT2D eigenvalue weighted by atomic mass is 35.5. The van der Waals surface area contributed by atoms with Crippen LogP contribution in [0.5, 0.6) is 5.75 Å². The molecule has 2 N–H and O–H groups in total. The molecule has 0 aliphatic heterocycles. The molecule has 0 heterocycles. The second-order valence-corrected chi connectivity index (χ2v) is 7.32. The Morgan fingerprint density at radius 1 is 1.00 bits per heavy atom. The molecule has 4 heteroatoms. The lowest BCUT2D eigenvalue weighted by atomic mass is 9.78. The molecule has 2 aromatic rings. The number of halogens is 2. The molecule has 136 valence electrons. The van der Waals surface area contributed by atoms with E-state index in [0.29, 0.717) is 12.5 Å². The second-order valence-electron chi connectivity index (χ2n) is 7.32. The zero-order chi connectivity index (χ0) is 17.2. The van der Waals surface area contributed by atoms with Gasteiger partial charge in [-0.25, -0.2) is 4.39 Å². The maximum Gasteiger partial charge on any atom is 0.123 e. The molecule has 0 aromatic heterocycles. The first kappa shape index (κ1) is 19.7. The van der Waals surface area contributed by atoms with Gasteiger partial charge in [-0.05, 0) is 48.2 Å². The Balaban J connectivity index is 0.00000225. The predicted molar refractivity (Wildman–Crippen MR) is 103 cm³/mol. The molecular weight excluding hydrogens is 337 g/mol. The molecule has 0 amide bonds. The van der Waals surface area contributed by atoms with E-state index >= 15 is 0 Å². The smallest absolute Gasteiger partial charge is 0.123 e. The van der Waals surface area contributed by atoms with E-state index in [-0.39, 0.29) is 29.7 Å². The summed E-state index contributed by atoms with van der Waals surface area (Å²) in [5.41, 5.74) is 8.18. The lowest BCUT2D eigenvalue weighted by molar-refractivity contribution is 0.239. The van der Waals surface area contributed by atoms with Gasteiger partial charge >= 0.3 is 0 Å². The molecule has 0 unspecified atom stereocenters. The highest BCUT2D eigenvalue weighted by Gasteiger charge is 2.25.